The van der Waals surface area contributed by atoms with E-state index in [1.807, 2.05) is 30.5 Å². The van der Waals surface area contributed by atoms with Crippen LogP contribution in [0.1, 0.15) is 29.5 Å². The number of rotatable bonds is 4. The number of aromatic nitrogens is 3. The highest BCUT2D eigenvalue weighted by atomic mass is 35.5. The Kier molecular flexibility index (Phi) is 14.2. The third kappa shape index (κ3) is 13.2. The molecular formula is C35H30ClF6N9O6. The van der Waals surface area contributed by atoms with E-state index in [2.05, 4.69) is 42.3 Å². The maximum absolute atomic E-state index is 13.2. The van der Waals surface area contributed by atoms with E-state index >= 15 is 0 Å². The number of aliphatic carboxylic acids is 2. The first-order valence-electron chi connectivity index (χ1n) is 16.4. The Morgan fingerprint density at radius 2 is 1.61 bits per heavy atom. The van der Waals surface area contributed by atoms with Crippen LogP contribution in [0.3, 0.4) is 0 Å². The largest absolute Gasteiger partial charge is 0.490 e. The molecule has 15 nitrogen and oxygen atoms in total. The molecule has 2 aliphatic heterocycles. The minimum Gasteiger partial charge on any atom is -0.475 e. The number of pyridine rings is 1. The van der Waals surface area contributed by atoms with Gasteiger partial charge in [0.15, 0.2) is 5.82 Å². The number of halogens is 7. The monoisotopic (exact) mass is 821 g/mol. The van der Waals surface area contributed by atoms with E-state index < -0.39 is 24.3 Å². The summed E-state index contributed by atoms with van der Waals surface area (Å²) in [7, 11) is 0. The van der Waals surface area contributed by atoms with Crippen LogP contribution in [-0.2, 0) is 27.2 Å². The molecule has 1 saturated heterocycles. The van der Waals surface area contributed by atoms with Crippen molar-refractivity contribution in [3.05, 3.63) is 88.8 Å². The first-order chi connectivity index (χ1) is 26.8. The molecule has 22 heteroatoms. The number of hydrogen-bond donors (Lipinski definition) is 6. The van der Waals surface area contributed by atoms with Crippen LogP contribution < -0.4 is 21.3 Å². The second-order valence-corrected chi connectivity index (χ2v) is 12.6. The highest BCUT2D eigenvalue weighted by Crippen LogP contribution is 2.30. The number of alkyl halides is 6. The number of carbonyl (C=O) groups is 4. The van der Waals surface area contributed by atoms with E-state index in [4.69, 9.17) is 36.7 Å². The summed E-state index contributed by atoms with van der Waals surface area (Å²) >= 11 is 6.37. The number of carbonyl (C=O) groups excluding carboxylic acids is 2. The number of hydrogen-bond acceptors (Lipinski definition) is 10. The summed E-state index contributed by atoms with van der Waals surface area (Å²) in [6, 6.07) is 16.4. The lowest BCUT2D eigenvalue weighted by atomic mass is 10.0. The van der Waals surface area contributed by atoms with Gasteiger partial charge in [-0.1, -0.05) is 17.7 Å². The number of fused-ring (bicyclic) bond motifs is 6. The van der Waals surface area contributed by atoms with Gasteiger partial charge >= 0.3 is 30.3 Å². The summed E-state index contributed by atoms with van der Waals surface area (Å²) in [5, 5.41) is 36.1. The molecule has 2 aromatic heterocycles. The predicted octanol–water partition coefficient (Wildman–Crippen LogP) is 7.13. The van der Waals surface area contributed by atoms with Crippen LogP contribution in [0.4, 0.5) is 65.7 Å². The van der Waals surface area contributed by atoms with Gasteiger partial charge in [0.2, 0.25) is 11.9 Å². The Labute approximate surface area is 323 Å². The van der Waals surface area contributed by atoms with E-state index in [-0.39, 0.29) is 17.9 Å². The van der Waals surface area contributed by atoms with Crippen molar-refractivity contribution in [1.82, 2.24) is 19.9 Å². The third-order valence-corrected chi connectivity index (χ3v) is 8.17. The highest BCUT2D eigenvalue weighted by molar-refractivity contribution is 6.32. The van der Waals surface area contributed by atoms with Gasteiger partial charge in [-0.05, 0) is 78.8 Å². The molecule has 0 radical (unpaired) electrons. The zero-order chi connectivity index (χ0) is 41.9. The number of anilines is 6. The summed E-state index contributed by atoms with van der Waals surface area (Å²) in [5.41, 5.74) is 5.29. The molecule has 6 rings (SSSR count). The highest BCUT2D eigenvalue weighted by Gasteiger charge is 2.39. The van der Waals surface area contributed by atoms with Crippen molar-refractivity contribution in [2.24, 2.45) is 5.92 Å². The minimum atomic E-state index is -5.08. The molecule has 0 aliphatic carbocycles. The Balaban J connectivity index is 0.000000440. The third-order valence-electron chi connectivity index (χ3n) is 7.90. The van der Waals surface area contributed by atoms with E-state index in [9.17, 15) is 35.9 Å². The number of carboxylic acids is 2. The van der Waals surface area contributed by atoms with Crippen LogP contribution in [0.2, 0.25) is 5.02 Å². The fourth-order valence-electron chi connectivity index (χ4n) is 5.27. The first-order valence-corrected chi connectivity index (χ1v) is 16.8. The van der Waals surface area contributed by atoms with E-state index in [0.717, 1.165) is 34.6 Å². The maximum Gasteiger partial charge on any atom is 0.490 e. The fraction of sp³-hybridized carbons (Fsp3) is 0.257. The molecule has 300 valence electrons. The molecule has 2 aromatic carbocycles. The van der Waals surface area contributed by atoms with Crippen LogP contribution in [0.25, 0.3) is 0 Å². The zero-order valence-electron chi connectivity index (χ0n) is 29.1. The molecule has 3 amide bonds. The van der Waals surface area contributed by atoms with Gasteiger partial charge in [-0.2, -0.15) is 36.6 Å². The molecule has 2 aliphatic rings. The minimum absolute atomic E-state index is 0.0395. The fourth-order valence-corrected chi connectivity index (χ4v) is 5.41. The molecule has 0 spiro atoms. The smallest absolute Gasteiger partial charge is 0.475 e. The number of nitriles is 1. The number of benzene rings is 2. The van der Waals surface area contributed by atoms with Crippen molar-refractivity contribution in [3.63, 3.8) is 0 Å². The Bertz CT molecular complexity index is 2140. The van der Waals surface area contributed by atoms with Crippen molar-refractivity contribution in [1.29, 1.82) is 5.26 Å². The Morgan fingerprint density at radius 1 is 0.912 bits per heavy atom. The van der Waals surface area contributed by atoms with Gasteiger partial charge in [-0.15, -0.1) is 0 Å². The topological polar surface area (TPSA) is 223 Å². The molecule has 6 bridgehead atoms. The van der Waals surface area contributed by atoms with E-state index in [0.29, 0.717) is 60.4 Å². The SMILES string of the molecule is N#Cc1cccc(NC(=O)N2CC[C@@H](CC(=O)Nc3ccc4cc3CCc3cncc(c3)Nc3ncc(Cl)c(n3)N4)C2)c1.O=C(O)C(F)(F)F.O=C(O)C(F)(F)F. The summed E-state index contributed by atoms with van der Waals surface area (Å²) in [6.07, 6.45) is -2.71. The molecule has 0 saturated carbocycles. The van der Waals surface area contributed by atoms with Crippen molar-refractivity contribution in [2.45, 2.75) is 38.0 Å². The quantitative estimate of drug-likeness (QED) is 0.113. The number of nitrogens with one attached hydrogen (secondary N) is 4. The zero-order valence-corrected chi connectivity index (χ0v) is 29.8. The molecule has 4 heterocycles. The summed E-state index contributed by atoms with van der Waals surface area (Å²) < 4.78 is 63.5. The number of aryl methyl sites for hydroxylation is 2. The number of likely N-dealkylation sites (tertiary alicyclic amines) is 1. The van der Waals surface area contributed by atoms with Crippen molar-refractivity contribution >= 4 is 70.0 Å². The average molecular weight is 822 g/mol. The molecule has 6 N–H and O–H groups in total. The van der Waals surface area contributed by atoms with Crippen LogP contribution in [0.15, 0.2) is 67.1 Å². The second kappa shape index (κ2) is 18.8. The molecule has 4 aromatic rings. The Hall–Kier alpha value is -6.69. The second-order valence-electron chi connectivity index (χ2n) is 12.2. The standard InChI is InChI=1S/C31H28ClN9O2.2C2HF3O2/c32-26-17-35-30-37-25-11-20(15-34-16-25)4-5-22-13-24(36-29(26)40-30)6-7-27(22)39-28(42)12-21-8-9-41(18-21)31(43)38-23-3-1-2-19(10-23)14-33;2*3-2(4,5)1(6)7/h1-3,6-7,10-11,13,15-17,21H,4-5,8-9,12,18H2,(H,38,43)(H,39,42)(H2,35,36,37,40);2*(H,6,7)/t21-;;/m0../s1. The van der Waals surface area contributed by atoms with Crippen molar-refractivity contribution in [2.75, 3.05) is 34.4 Å². The molecule has 57 heavy (non-hydrogen) atoms. The van der Waals surface area contributed by atoms with Crippen LogP contribution >= 0.6 is 11.6 Å². The summed E-state index contributed by atoms with van der Waals surface area (Å²) in [5.74, 6) is -4.73. The van der Waals surface area contributed by atoms with Gasteiger partial charge in [-0.25, -0.2) is 19.4 Å². The predicted molar refractivity (Wildman–Crippen MR) is 192 cm³/mol. The van der Waals surface area contributed by atoms with Gasteiger partial charge in [0, 0.05) is 42.8 Å². The van der Waals surface area contributed by atoms with E-state index in [1.54, 1.807) is 35.4 Å². The van der Waals surface area contributed by atoms with Gasteiger partial charge in [0.1, 0.15) is 5.02 Å². The van der Waals surface area contributed by atoms with Gasteiger partial charge < -0.3 is 36.4 Å². The number of carboxylic acid groups (broad SMARTS) is 2. The normalized spacial score (nSPS) is 14.4. The summed E-state index contributed by atoms with van der Waals surface area (Å²) in [6.45, 7) is 1.04. The van der Waals surface area contributed by atoms with Gasteiger partial charge in [0.05, 0.1) is 29.7 Å². The lowest BCUT2D eigenvalue weighted by Gasteiger charge is -2.18. The molecule has 1 fully saturated rings. The van der Waals surface area contributed by atoms with Gasteiger partial charge in [0.25, 0.3) is 0 Å². The van der Waals surface area contributed by atoms with Crippen LogP contribution in [0.5, 0.6) is 0 Å². The van der Waals surface area contributed by atoms with E-state index in [1.165, 1.54) is 6.20 Å². The summed E-state index contributed by atoms with van der Waals surface area (Å²) in [4.78, 5) is 58.6. The lowest BCUT2D eigenvalue weighted by molar-refractivity contribution is -0.193. The first kappa shape index (κ1) is 43.0. The van der Waals surface area contributed by atoms with Crippen LogP contribution in [-0.4, -0.2) is 79.4 Å². The molecule has 1 atom stereocenters. The molecule has 0 unspecified atom stereocenters. The van der Waals surface area contributed by atoms with Crippen molar-refractivity contribution < 1.29 is 55.7 Å². The van der Waals surface area contributed by atoms with Gasteiger partial charge in [-0.3, -0.25) is 9.78 Å². The van der Waals surface area contributed by atoms with Crippen molar-refractivity contribution in [3.8, 4) is 6.07 Å². The molecular weight excluding hydrogens is 792 g/mol. The van der Waals surface area contributed by atoms with Crippen LogP contribution in [0, 0.1) is 17.2 Å². The average Bonchev–Trinajstić information content (AvgIpc) is 3.61. The number of nitrogens with zero attached hydrogens (tertiary/aromatic N) is 5. The number of urea groups is 1. The lowest BCUT2D eigenvalue weighted by Crippen LogP contribution is -2.33. The maximum atomic E-state index is 13.2. The number of amides is 3. The Morgan fingerprint density at radius 3 is 2.28 bits per heavy atom.